The van der Waals surface area contributed by atoms with Crippen LogP contribution < -0.4 is 5.32 Å². The third-order valence-electron chi connectivity index (χ3n) is 6.15. The van der Waals surface area contributed by atoms with Crippen LogP contribution in [-0.2, 0) is 6.54 Å². The first-order chi connectivity index (χ1) is 15.6. The summed E-state index contributed by atoms with van der Waals surface area (Å²) in [6.07, 6.45) is 7.61. The second-order valence-corrected chi connectivity index (χ2v) is 8.57. The minimum Gasteiger partial charge on any atom is -0.352 e. The van der Waals surface area contributed by atoms with Gasteiger partial charge < -0.3 is 14.8 Å². The Bertz CT molecular complexity index is 1240. The number of nitrogens with one attached hydrogen (secondary N) is 1. The fraction of sp³-hybridized carbons (Fsp3) is 0.192. The molecule has 1 aromatic carbocycles. The summed E-state index contributed by atoms with van der Waals surface area (Å²) in [5.74, 6) is 0. The predicted molar refractivity (Wildman–Crippen MR) is 130 cm³/mol. The van der Waals surface area contributed by atoms with Crippen LogP contribution in [0.5, 0.6) is 0 Å². The third-order valence-corrected chi connectivity index (χ3v) is 6.50. The minimum absolute atomic E-state index is 0.0119. The molecule has 0 aliphatic carbocycles. The molecule has 2 atom stereocenters. The van der Waals surface area contributed by atoms with Crippen LogP contribution >= 0.6 is 12.2 Å². The summed E-state index contributed by atoms with van der Waals surface area (Å²) >= 11 is 5.83. The van der Waals surface area contributed by atoms with Gasteiger partial charge >= 0.3 is 0 Å². The summed E-state index contributed by atoms with van der Waals surface area (Å²) in [4.78, 5) is 11.1. The Labute approximate surface area is 193 Å². The number of nitrogens with zero attached hydrogens (tertiary/aromatic N) is 4. The molecule has 1 aliphatic rings. The second-order valence-electron chi connectivity index (χ2n) is 8.18. The highest BCUT2D eigenvalue weighted by Gasteiger charge is 2.41. The molecule has 0 unspecified atom stereocenters. The van der Waals surface area contributed by atoms with Gasteiger partial charge in [-0.2, -0.15) is 0 Å². The van der Waals surface area contributed by atoms with E-state index in [-0.39, 0.29) is 12.1 Å². The van der Waals surface area contributed by atoms with Crippen molar-refractivity contribution in [2.45, 2.75) is 32.5 Å². The number of aryl methyl sites for hydroxylation is 2. The molecular formula is C26H25N5S. The maximum atomic E-state index is 5.83. The van der Waals surface area contributed by atoms with Crippen LogP contribution in [0, 0.1) is 13.8 Å². The van der Waals surface area contributed by atoms with E-state index in [9.17, 15) is 0 Å². The molecule has 5 rings (SSSR count). The zero-order valence-electron chi connectivity index (χ0n) is 18.1. The topological polar surface area (TPSA) is 46.0 Å². The van der Waals surface area contributed by atoms with E-state index in [1.54, 1.807) is 0 Å². The molecule has 1 N–H and O–H groups in total. The molecule has 0 bridgehead atoms. The Balaban J connectivity index is 1.61. The number of hydrogen-bond donors (Lipinski definition) is 1. The fourth-order valence-electron chi connectivity index (χ4n) is 4.33. The van der Waals surface area contributed by atoms with Crippen molar-refractivity contribution in [3.8, 4) is 5.69 Å². The maximum absolute atomic E-state index is 5.83. The first-order valence-electron chi connectivity index (χ1n) is 10.7. The molecule has 32 heavy (non-hydrogen) atoms. The van der Waals surface area contributed by atoms with Gasteiger partial charge in [0.2, 0.25) is 0 Å². The average Bonchev–Trinajstić information content (AvgIpc) is 3.42. The van der Waals surface area contributed by atoms with E-state index in [2.05, 4.69) is 81.2 Å². The van der Waals surface area contributed by atoms with E-state index in [0.29, 0.717) is 6.54 Å². The van der Waals surface area contributed by atoms with Gasteiger partial charge in [-0.15, -0.1) is 0 Å². The molecule has 1 fully saturated rings. The molecule has 0 amide bonds. The van der Waals surface area contributed by atoms with Crippen molar-refractivity contribution in [3.63, 3.8) is 0 Å². The zero-order chi connectivity index (χ0) is 22.1. The first-order valence-corrected chi connectivity index (χ1v) is 11.1. The van der Waals surface area contributed by atoms with E-state index in [0.717, 1.165) is 16.5 Å². The molecule has 5 nitrogen and oxygen atoms in total. The molecule has 0 spiro atoms. The maximum Gasteiger partial charge on any atom is 0.170 e. The monoisotopic (exact) mass is 439 g/mol. The lowest BCUT2D eigenvalue weighted by Gasteiger charge is -2.29. The number of hydrogen-bond acceptors (Lipinski definition) is 3. The Kier molecular flexibility index (Phi) is 5.45. The van der Waals surface area contributed by atoms with Gasteiger partial charge in [0.25, 0.3) is 0 Å². The third kappa shape index (κ3) is 3.78. The highest BCUT2D eigenvalue weighted by atomic mass is 32.1. The lowest BCUT2D eigenvalue weighted by molar-refractivity contribution is 0.302. The summed E-state index contributed by atoms with van der Waals surface area (Å²) in [7, 11) is 0. The molecule has 6 heteroatoms. The molecule has 0 radical (unpaired) electrons. The second kappa shape index (κ2) is 8.55. The first kappa shape index (κ1) is 20.4. The fourth-order valence-corrected chi connectivity index (χ4v) is 4.63. The molecule has 4 aromatic rings. The molecular weight excluding hydrogens is 414 g/mol. The van der Waals surface area contributed by atoms with Gasteiger partial charge in [-0.1, -0.05) is 12.1 Å². The Hall–Kier alpha value is -3.51. The molecule has 1 aliphatic heterocycles. The molecule has 1 saturated heterocycles. The SMILES string of the molecule is Cc1ccc(-n2cccc2[C@H]2[C@@H](c3ccccn3)NC(=S)N2Cc2ccncc2)cc1C. The van der Waals surface area contributed by atoms with Crippen molar-refractivity contribution in [2.75, 3.05) is 0 Å². The van der Waals surface area contributed by atoms with E-state index in [4.69, 9.17) is 12.2 Å². The minimum atomic E-state index is -0.0502. The van der Waals surface area contributed by atoms with E-state index < -0.39 is 0 Å². The van der Waals surface area contributed by atoms with Crippen molar-refractivity contribution in [1.29, 1.82) is 0 Å². The standard InChI is InChI=1S/C26H25N5S/c1-18-8-9-21(16-19(18)2)30-15-5-7-23(30)25-24(22-6-3-4-12-28-22)29-26(32)31(25)17-20-10-13-27-14-11-20/h3-16,24-25H,17H2,1-2H3,(H,29,32)/t24-,25+/m1/s1. The zero-order valence-corrected chi connectivity index (χ0v) is 19.0. The van der Waals surface area contributed by atoms with Gasteiger partial charge in [-0.25, -0.2) is 0 Å². The predicted octanol–water partition coefficient (Wildman–Crippen LogP) is 5.06. The highest BCUT2D eigenvalue weighted by molar-refractivity contribution is 7.80. The molecule has 4 heterocycles. The van der Waals surface area contributed by atoms with Gasteiger partial charge in [-0.05, 0) is 91.3 Å². The van der Waals surface area contributed by atoms with Gasteiger partial charge in [0.15, 0.2) is 5.11 Å². The molecule has 160 valence electrons. The van der Waals surface area contributed by atoms with Crippen LogP contribution in [0.3, 0.4) is 0 Å². The number of aromatic nitrogens is 3. The Morgan fingerprint density at radius 3 is 2.53 bits per heavy atom. The van der Waals surface area contributed by atoms with E-state index in [1.807, 2.05) is 42.9 Å². The van der Waals surface area contributed by atoms with Gasteiger partial charge in [0.1, 0.15) is 0 Å². The summed E-state index contributed by atoms with van der Waals surface area (Å²) in [5, 5.41) is 4.28. The molecule has 0 saturated carbocycles. The van der Waals surface area contributed by atoms with Crippen LogP contribution in [0.2, 0.25) is 0 Å². The average molecular weight is 440 g/mol. The normalized spacial score (nSPS) is 18.1. The van der Waals surface area contributed by atoms with Crippen molar-refractivity contribution >= 4 is 17.3 Å². The van der Waals surface area contributed by atoms with Crippen LogP contribution in [0.4, 0.5) is 0 Å². The largest absolute Gasteiger partial charge is 0.352 e. The van der Waals surface area contributed by atoms with E-state index >= 15 is 0 Å². The quantitative estimate of drug-likeness (QED) is 0.441. The van der Waals surface area contributed by atoms with Crippen LogP contribution in [-0.4, -0.2) is 24.5 Å². The van der Waals surface area contributed by atoms with Crippen molar-refractivity contribution in [2.24, 2.45) is 0 Å². The van der Waals surface area contributed by atoms with Crippen LogP contribution in [0.1, 0.15) is 40.2 Å². The van der Waals surface area contributed by atoms with Crippen LogP contribution in [0.25, 0.3) is 5.69 Å². The van der Waals surface area contributed by atoms with E-state index in [1.165, 1.54) is 22.4 Å². The number of thiocarbonyl (C=S) groups is 1. The highest BCUT2D eigenvalue weighted by Crippen LogP contribution is 2.40. The Morgan fingerprint density at radius 1 is 0.938 bits per heavy atom. The lowest BCUT2D eigenvalue weighted by Crippen LogP contribution is -2.30. The number of rotatable bonds is 5. The van der Waals surface area contributed by atoms with Crippen molar-refractivity contribution in [3.05, 3.63) is 114 Å². The summed E-state index contributed by atoms with van der Waals surface area (Å²) in [5.41, 5.74) is 7.03. The summed E-state index contributed by atoms with van der Waals surface area (Å²) in [6.45, 7) is 4.99. The summed E-state index contributed by atoms with van der Waals surface area (Å²) < 4.78 is 2.27. The van der Waals surface area contributed by atoms with Crippen molar-refractivity contribution < 1.29 is 0 Å². The molecule has 3 aromatic heterocycles. The lowest BCUT2D eigenvalue weighted by atomic mass is 10.0. The Morgan fingerprint density at radius 2 is 1.78 bits per heavy atom. The van der Waals surface area contributed by atoms with Gasteiger partial charge in [-0.3, -0.25) is 9.97 Å². The van der Waals surface area contributed by atoms with Crippen molar-refractivity contribution in [1.82, 2.24) is 24.8 Å². The number of benzene rings is 1. The van der Waals surface area contributed by atoms with Gasteiger partial charge in [0, 0.05) is 42.7 Å². The summed E-state index contributed by atoms with van der Waals surface area (Å²) in [6, 6.07) is 20.9. The van der Waals surface area contributed by atoms with Gasteiger partial charge in [0.05, 0.1) is 17.8 Å². The smallest absolute Gasteiger partial charge is 0.170 e. The number of pyridine rings is 2. The van der Waals surface area contributed by atoms with Crippen LogP contribution in [0.15, 0.2) is 85.5 Å².